The lowest BCUT2D eigenvalue weighted by molar-refractivity contribution is -0.123. The van der Waals surface area contributed by atoms with Gasteiger partial charge in [0.1, 0.15) is 0 Å². The van der Waals surface area contributed by atoms with E-state index >= 15 is 0 Å². The summed E-state index contributed by atoms with van der Waals surface area (Å²) in [6, 6.07) is 10.3. The lowest BCUT2D eigenvalue weighted by Crippen LogP contribution is -2.24. The zero-order chi connectivity index (χ0) is 18.9. The summed E-state index contributed by atoms with van der Waals surface area (Å²) in [5, 5.41) is 13.8. The van der Waals surface area contributed by atoms with Crippen molar-refractivity contribution in [3.8, 4) is 23.0 Å². The van der Waals surface area contributed by atoms with Gasteiger partial charge in [-0.2, -0.15) is 5.10 Å². The summed E-state index contributed by atoms with van der Waals surface area (Å²) < 4.78 is 16.6. The van der Waals surface area contributed by atoms with Crippen LogP contribution < -0.4 is 19.6 Å². The van der Waals surface area contributed by atoms with Crippen LogP contribution in [0.5, 0.6) is 23.0 Å². The smallest absolute Gasteiger partial charge is 0.277 e. The Morgan fingerprint density at radius 2 is 1.92 bits per heavy atom. The zero-order valence-electron chi connectivity index (χ0n) is 14.4. The molecule has 2 aromatic carbocycles. The monoisotopic (exact) mass is 422 g/mol. The average molecular weight is 423 g/mol. The standard InChI is InChI=1S/C18H19BrN2O5/c1-3-25-14-6-4-5-7-15(14)26-11-17(22)21-20-10-12-8-13(19)9-16(24-2)18(12)23/h4-10,23H,3,11H2,1-2H3,(H,21,22)/b20-10+. The third-order valence-electron chi connectivity index (χ3n) is 3.19. The summed E-state index contributed by atoms with van der Waals surface area (Å²) in [6.07, 6.45) is 1.31. The zero-order valence-corrected chi connectivity index (χ0v) is 15.9. The van der Waals surface area contributed by atoms with Crippen molar-refractivity contribution in [1.29, 1.82) is 0 Å². The molecule has 0 heterocycles. The highest BCUT2D eigenvalue weighted by Gasteiger charge is 2.09. The van der Waals surface area contributed by atoms with Crippen LogP contribution in [0.4, 0.5) is 0 Å². The van der Waals surface area contributed by atoms with Crippen LogP contribution in [0.3, 0.4) is 0 Å². The first kappa shape index (κ1) is 19.6. The molecular formula is C18H19BrN2O5. The van der Waals surface area contributed by atoms with Crippen LogP contribution in [0.15, 0.2) is 46.0 Å². The van der Waals surface area contributed by atoms with Crippen molar-refractivity contribution in [2.24, 2.45) is 5.10 Å². The summed E-state index contributed by atoms with van der Waals surface area (Å²) in [7, 11) is 1.45. The van der Waals surface area contributed by atoms with Crippen molar-refractivity contribution in [3.63, 3.8) is 0 Å². The van der Waals surface area contributed by atoms with Gasteiger partial charge in [-0.05, 0) is 31.2 Å². The Morgan fingerprint density at radius 1 is 1.23 bits per heavy atom. The first-order valence-electron chi connectivity index (χ1n) is 7.78. The molecular weight excluding hydrogens is 404 g/mol. The molecule has 2 rings (SSSR count). The van der Waals surface area contributed by atoms with Crippen LogP contribution in [-0.4, -0.2) is 37.6 Å². The Labute approximate surface area is 159 Å². The van der Waals surface area contributed by atoms with Crippen LogP contribution in [0.1, 0.15) is 12.5 Å². The van der Waals surface area contributed by atoms with Crippen molar-refractivity contribution in [1.82, 2.24) is 5.43 Å². The van der Waals surface area contributed by atoms with E-state index in [-0.39, 0.29) is 12.4 Å². The molecule has 0 aliphatic heterocycles. The van der Waals surface area contributed by atoms with E-state index < -0.39 is 5.91 Å². The quantitative estimate of drug-likeness (QED) is 0.503. The van der Waals surface area contributed by atoms with Gasteiger partial charge in [-0.1, -0.05) is 28.1 Å². The molecule has 0 aromatic heterocycles. The molecule has 0 radical (unpaired) electrons. The number of hydrogen-bond donors (Lipinski definition) is 2. The van der Waals surface area contributed by atoms with Gasteiger partial charge in [-0.15, -0.1) is 0 Å². The predicted molar refractivity (Wildman–Crippen MR) is 101 cm³/mol. The highest BCUT2D eigenvalue weighted by atomic mass is 79.9. The van der Waals surface area contributed by atoms with Gasteiger partial charge in [0.05, 0.1) is 19.9 Å². The second-order valence-corrected chi connectivity index (χ2v) is 5.92. The number of halogens is 1. The molecule has 138 valence electrons. The van der Waals surface area contributed by atoms with Gasteiger partial charge in [0.15, 0.2) is 29.6 Å². The number of phenolic OH excluding ortho intramolecular Hbond substituents is 1. The lowest BCUT2D eigenvalue weighted by Gasteiger charge is -2.10. The number of rotatable bonds is 8. The molecule has 0 saturated heterocycles. The van der Waals surface area contributed by atoms with Crippen LogP contribution in [0.2, 0.25) is 0 Å². The van der Waals surface area contributed by atoms with Gasteiger partial charge in [0.25, 0.3) is 5.91 Å². The number of hydrogen-bond acceptors (Lipinski definition) is 6. The number of amides is 1. The Hall–Kier alpha value is -2.74. The van der Waals surface area contributed by atoms with Gasteiger partial charge in [0, 0.05) is 10.0 Å². The highest BCUT2D eigenvalue weighted by molar-refractivity contribution is 9.10. The maximum Gasteiger partial charge on any atom is 0.277 e. The number of nitrogens with zero attached hydrogens (tertiary/aromatic N) is 1. The number of phenols is 1. The summed E-state index contributed by atoms with van der Waals surface area (Å²) in [4.78, 5) is 11.9. The second kappa shape index (κ2) is 9.67. The minimum absolute atomic E-state index is 0.0735. The number of hydrazone groups is 1. The maximum atomic E-state index is 11.9. The predicted octanol–water partition coefficient (Wildman–Crippen LogP) is 3.09. The molecule has 0 aliphatic rings. The largest absolute Gasteiger partial charge is 0.504 e. The van der Waals surface area contributed by atoms with E-state index in [2.05, 4.69) is 26.5 Å². The van der Waals surface area contributed by atoms with E-state index in [0.717, 1.165) is 0 Å². The van der Waals surface area contributed by atoms with Gasteiger partial charge in [-0.25, -0.2) is 5.43 Å². The molecule has 0 saturated carbocycles. The van der Waals surface area contributed by atoms with Gasteiger partial charge in [0.2, 0.25) is 0 Å². The lowest BCUT2D eigenvalue weighted by atomic mass is 10.2. The fourth-order valence-electron chi connectivity index (χ4n) is 2.04. The number of methoxy groups -OCH3 is 1. The number of benzene rings is 2. The molecule has 0 bridgehead atoms. The Bertz CT molecular complexity index is 795. The Morgan fingerprint density at radius 3 is 2.58 bits per heavy atom. The minimum atomic E-state index is -0.450. The summed E-state index contributed by atoms with van der Waals surface area (Å²) >= 11 is 3.31. The summed E-state index contributed by atoms with van der Waals surface area (Å²) in [5.41, 5.74) is 2.72. The molecule has 8 heteroatoms. The highest BCUT2D eigenvalue weighted by Crippen LogP contribution is 2.32. The fourth-order valence-corrected chi connectivity index (χ4v) is 2.50. The first-order valence-corrected chi connectivity index (χ1v) is 8.57. The summed E-state index contributed by atoms with van der Waals surface area (Å²) in [6.45, 7) is 2.14. The first-order chi connectivity index (χ1) is 12.5. The number of nitrogens with one attached hydrogen (secondary N) is 1. The topological polar surface area (TPSA) is 89.4 Å². The molecule has 26 heavy (non-hydrogen) atoms. The van der Waals surface area contributed by atoms with E-state index in [1.165, 1.54) is 13.3 Å². The van der Waals surface area contributed by atoms with Crippen LogP contribution >= 0.6 is 15.9 Å². The number of para-hydroxylation sites is 2. The molecule has 7 nitrogen and oxygen atoms in total. The normalized spacial score (nSPS) is 10.6. The number of carbonyl (C=O) groups is 1. The molecule has 0 aliphatic carbocycles. The Balaban J connectivity index is 1.93. The fraction of sp³-hybridized carbons (Fsp3) is 0.222. The van der Waals surface area contributed by atoms with Gasteiger partial charge in [-0.3, -0.25) is 4.79 Å². The number of ether oxygens (including phenoxy) is 3. The van der Waals surface area contributed by atoms with E-state index in [4.69, 9.17) is 14.2 Å². The molecule has 1 amide bonds. The van der Waals surface area contributed by atoms with Crippen LogP contribution in [0.25, 0.3) is 0 Å². The minimum Gasteiger partial charge on any atom is -0.504 e. The molecule has 0 fully saturated rings. The van der Waals surface area contributed by atoms with Crippen LogP contribution in [-0.2, 0) is 4.79 Å². The number of carbonyl (C=O) groups excluding carboxylic acids is 1. The van der Waals surface area contributed by atoms with Gasteiger partial charge < -0.3 is 19.3 Å². The van der Waals surface area contributed by atoms with Gasteiger partial charge >= 0.3 is 0 Å². The second-order valence-electron chi connectivity index (χ2n) is 5.01. The Kier molecular flexibility index (Phi) is 7.28. The van der Waals surface area contributed by atoms with E-state index in [0.29, 0.717) is 33.9 Å². The molecule has 2 aromatic rings. The SMILES string of the molecule is CCOc1ccccc1OCC(=O)N/N=C/c1cc(Br)cc(OC)c1O. The number of aromatic hydroxyl groups is 1. The van der Waals surface area contributed by atoms with Crippen molar-refractivity contribution in [2.75, 3.05) is 20.3 Å². The summed E-state index contributed by atoms with van der Waals surface area (Å²) in [5.74, 6) is 0.813. The van der Waals surface area contributed by atoms with Crippen molar-refractivity contribution >= 4 is 28.1 Å². The molecule has 0 atom stereocenters. The third kappa shape index (κ3) is 5.38. The van der Waals surface area contributed by atoms with Crippen molar-refractivity contribution in [3.05, 3.63) is 46.4 Å². The maximum absolute atomic E-state index is 11.9. The third-order valence-corrected chi connectivity index (χ3v) is 3.65. The average Bonchev–Trinajstić information content (AvgIpc) is 2.63. The van der Waals surface area contributed by atoms with Crippen LogP contribution in [0, 0.1) is 0 Å². The van der Waals surface area contributed by atoms with Crippen molar-refractivity contribution in [2.45, 2.75) is 6.92 Å². The van der Waals surface area contributed by atoms with E-state index in [9.17, 15) is 9.90 Å². The van der Waals surface area contributed by atoms with E-state index in [1.54, 1.807) is 30.3 Å². The molecule has 2 N–H and O–H groups in total. The van der Waals surface area contributed by atoms with Crippen molar-refractivity contribution < 1.29 is 24.1 Å². The molecule has 0 unspecified atom stereocenters. The van der Waals surface area contributed by atoms with E-state index in [1.807, 2.05) is 13.0 Å². The molecule has 0 spiro atoms.